The number of rotatable bonds is 7. The maximum atomic E-state index is 12.2. The average Bonchev–Trinajstić information content (AvgIpc) is 2.60. The van der Waals surface area contributed by atoms with Crippen LogP contribution in [0.1, 0.15) is 29.8 Å². The largest absolute Gasteiger partial charge is 0.573 e. The molecule has 0 radical (unpaired) electrons. The highest BCUT2D eigenvalue weighted by molar-refractivity contribution is 6.04. The zero-order chi connectivity index (χ0) is 19.2. The van der Waals surface area contributed by atoms with Gasteiger partial charge in [0.1, 0.15) is 5.75 Å². The number of halogens is 3. The molecule has 2 aromatic rings. The molecule has 0 aliphatic heterocycles. The molecule has 0 bridgehead atoms. The SMILES string of the molecule is CCN(CC)Cc1ccc(C(=O)Nc2ccc(OC(F)(F)F)cc2)cc1. The number of carbonyl (C=O) groups is 1. The average molecular weight is 366 g/mol. The summed E-state index contributed by atoms with van der Waals surface area (Å²) in [5.41, 5.74) is 1.97. The van der Waals surface area contributed by atoms with Crippen LogP contribution < -0.4 is 10.1 Å². The third kappa shape index (κ3) is 6.07. The van der Waals surface area contributed by atoms with Gasteiger partial charge < -0.3 is 10.1 Å². The minimum Gasteiger partial charge on any atom is -0.406 e. The van der Waals surface area contributed by atoms with Gasteiger partial charge in [0.05, 0.1) is 0 Å². The van der Waals surface area contributed by atoms with E-state index in [-0.39, 0.29) is 11.7 Å². The molecule has 0 aromatic heterocycles. The Hall–Kier alpha value is -2.54. The highest BCUT2D eigenvalue weighted by Crippen LogP contribution is 2.24. The molecule has 0 saturated carbocycles. The summed E-state index contributed by atoms with van der Waals surface area (Å²) in [5.74, 6) is -0.667. The second-order valence-corrected chi connectivity index (χ2v) is 5.68. The van der Waals surface area contributed by atoms with E-state index in [0.717, 1.165) is 37.3 Å². The lowest BCUT2D eigenvalue weighted by molar-refractivity contribution is -0.274. The van der Waals surface area contributed by atoms with Gasteiger partial charge in [-0.25, -0.2) is 0 Å². The fourth-order valence-corrected chi connectivity index (χ4v) is 2.41. The Bertz CT molecular complexity index is 709. The zero-order valence-corrected chi connectivity index (χ0v) is 14.6. The van der Waals surface area contributed by atoms with Crippen LogP contribution in [0.5, 0.6) is 5.75 Å². The summed E-state index contributed by atoms with van der Waals surface area (Å²) in [6.07, 6.45) is -4.74. The monoisotopic (exact) mass is 366 g/mol. The first-order valence-electron chi connectivity index (χ1n) is 8.29. The van der Waals surface area contributed by atoms with Crippen LogP contribution in [-0.2, 0) is 6.54 Å². The highest BCUT2D eigenvalue weighted by Gasteiger charge is 2.30. The van der Waals surface area contributed by atoms with E-state index in [1.165, 1.54) is 12.1 Å². The lowest BCUT2D eigenvalue weighted by Crippen LogP contribution is -2.22. The number of alkyl halides is 3. The van der Waals surface area contributed by atoms with Gasteiger partial charge in [0.25, 0.3) is 5.91 Å². The van der Waals surface area contributed by atoms with Gasteiger partial charge in [-0.2, -0.15) is 0 Å². The van der Waals surface area contributed by atoms with Crippen molar-refractivity contribution in [1.29, 1.82) is 0 Å². The van der Waals surface area contributed by atoms with E-state index in [1.807, 2.05) is 12.1 Å². The lowest BCUT2D eigenvalue weighted by atomic mass is 10.1. The Morgan fingerprint density at radius 1 is 1.00 bits per heavy atom. The molecule has 140 valence electrons. The number of amides is 1. The van der Waals surface area contributed by atoms with Gasteiger partial charge >= 0.3 is 6.36 Å². The number of nitrogens with one attached hydrogen (secondary N) is 1. The van der Waals surface area contributed by atoms with Gasteiger partial charge in [-0.3, -0.25) is 9.69 Å². The summed E-state index contributed by atoms with van der Waals surface area (Å²) in [6.45, 7) is 6.90. The minimum atomic E-state index is -4.74. The number of anilines is 1. The van der Waals surface area contributed by atoms with E-state index in [2.05, 4.69) is 28.8 Å². The van der Waals surface area contributed by atoms with E-state index in [0.29, 0.717) is 11.3 Å². The van der Waals surface area contributed by atoms with Crippen LogP contribution in [0, 0.1) is 0 Å². The zero-order valence-electron chi connectivity index (χ0n) is 14.6. The number of hydrogen-bond donors (Lipinski definition) is 1. The molecule has 1 amide bonds. The molecule has 0 heterocycles. The maximum absolute atomic E-state index is 12.2. The van der Waals surface area contributed by atoms with Crippen LogP contribution in [-0.4, -0.2) is 30.3 Å². The second kappa shape index (κ2) is 8.71. The maximum Gasteiger partial charge on any atom is 0.573 e. The number of carbonyl (C=O) groups excluding carboxylic acids is 1. The van der Waals surface area contributed by atoms with Crippen LogP contribution in [0.2, 0.25) is 0 Å². The first kappa shape index (κ1) is 19.8. The molecule has 2 aromatic carbocycles. The third-order valence-electron chi connectivity index (χ3n) is 3.86. The Morgan fingerprint density at radius 3 is 2.08 bits per heavy atom. The van der Waals surface area contributed by atoms with Crippen molar-refractivity contribution in [3.8, 4) is 5.75 Å². The van der Waals surface area contributed by atoms with Gasteiger partial charge in [0, 0.05) is 17.8 Å². The van der Waals surface area contributed by atoms with Gasteiger partial charge in [-0.15, -0.1) is 13.2 Å². The molecule has 0 fully saturated rings. The molecule has 4 nitrogen and oxygen atoms in total. The van der Waals surface area contributed by atoms with Crippen LogP contribution in [0.4, 0.5) is 18.9 Å². The number of hydrogen-bond acceptors (Lipinski definition) is 3. The molecule has 0 unspecified atom stereocenters. The fraction of sp³-hybridized carbons (Fsp3) is 0.316. The molecular formula is C19H21F3N2O2. The van der Waals surface area contributed by atoms with E-state index in [4.69, 9.17) is 0 Å². The molecule has 26 heavy (non-hydrogen) atoms. The molecule has 0 atom stereocenters. The van der Waals surface area contributed by atoms with Crippen LogP contribution >= 0.6 is 0 Å². The van der Waals surface area contributed by atoms with Crippen molar-refractivity contribution in [2.45, 2.75) is 26.8 Å². The van der Waals surface area contributed by atoms with Crippen molar-refractivity contribution in [1.82, 2.24) is 4.90 Å². The van der Waals surface area contributed by atoms with Crippen molar-refractivity contribution in [2.24, 2.45) is 0 Å². The number of benzene rings is 2. The van der Waals surface area contributed by atoms with E-state index < -0.39 is 6.36 Å². The first-order valence-corrected chi connectivity index (χ1v) is 8.29. The van der Waals surface area contributed by atoms with Crippen molar-refractivity contribution < 1.29 is 22.7 Å². The van der Waals surface area contributed by atoms with Gasteiger partial charge in [-0.1, -0.05) is 26.0 Å². The summed E-state index contributed by atoms with van der Waals surface area (Å²) in [5, 5.41) is 2.64. The van der Waals surface area contributed by atoms with Gasteiger partial charge in [-0.05, 0) is 55.1 Å². The van der Waals surface area contributed by atoms with E-state index in [9.17, 15) is 18.0 Å². The second-order valence-electron chi connectivity index (χ2n) is 5.68. The Kier molecular flexibility index (Phi) is 6.63. The Labute approximate surface area is 150 Å². The van der Waals surface area contributed by atoms with Crippen molar-refractivity contribution in [3.05, 3.63) is 59.7 Å². The molecular weight excluding hydrogens is 345 g/mol. The standard InChI is InChI=1S/C19H21F3N2O2/c1-3-24(4-2)13-14-5-7-15(8-6-14)18(25)23-16-9-11-17(12-10-16)26-19(20,21)22/h5-12H,3-4,13H2,1-2H3,(H,23,25). The fourth-order valence-electron chi connectivity index (χ4n) is 2.41. The van der Waals surface area contributed by atoms with E-state index in [1.54, 1.807) is 12.1 Å². The topological polar surface area (TPSA) is 41.6 Å². The summed E-state index contributed by atoms with van der Waals surface area (Å²) in [4.78, 5) is 14.5. The summed E-state index contributed by atoms with van der Waals surface area (Å²) in [6, 6.07) is 12.3. The van der Waals surface area contributed by atoms with Gasteiger partial charge in [0.2, 0.25) is 0 Å². The summed E-state index contributed by atoms with van der Waals surface area (Å²) in [7, 11) is 0. The minimum absolute atomic E-state index is 0.330. The quantitative estimate of drug-likeness (QED) is 0.774. The first-order chi connectivity index (χ1) is 12.3. The molecule has 2 rings (SSSR count). The van der Waals surface area contributed by atoms with Crippen LogP contribution in [0.15, 0.2) is 48.5 Å². The predicted octanol–water partition coefficient (Wildman–Crippen LogP) is 4.68. The molecule has 0 saturated heterocycles. The summed E-state index contributed by atoms with van der Waals surface area (Å²) >= 11 is 0. The number of nitrogens with zero attached hydrogens (tertiary/aromatic N) is 1. The Balaban J connectivity index is 1.97. The van der Waals surface area contributed by atoms with Crippen molar-refractivity contribution in [2.75, 3.05) is 18.4 Å². The number of ether oxygens (including phenoxy) is 1. The molecule has 1 N–H and O–H groups in total. The lowest BCUT2D eigenvalue weighted by Gasteiger charge is -2.18. The van der Waals surface area contributed by atoms with Gasteiger partial charge in [0.15, 0.2) is 0 Å². The summed E-state index contributed by atoms with van der Waals surface area (Å²) < 4.78 is 40.2. The molecule has 0 aliphatic rings. The Morgan fingerprint density at radius 2 is 1.58 bits per heavy atom. The van der Waals surface area contributed by atoms with Crippen molar-refractivity contribution in [3.63, 3.8) is 0 Å². The third-order valence-corrected chi connectivity index (χ3v) is 3.86. The smallest absolute Gasteiger partial charge is 0.406 e. The normalized spacial score (nSPS) is 11.5. The molecule has 0 aliphatic carbocycles. The van der Waals surface area contributed by atoms with E-state index >= 15 is 0 Å². The molecule has 7 heteroatoms. The highest BCUT2D eigenvalue weighted by atomic mass is 19.4. The van der Waals surface area contributed by atoms with Crippen LogP contribution in [0.25, 0.3) is 0 Å². The predicted molar refractivity (Wildman–Crippen MR) is 94.1 cm³/mol. The van der Waals surface area contributed by atoms with Crippen LogP contribution in [0.3, 0.4) is 0 Å². The van der Waals surface area contributed by atoms with Crippen molar-refractivity contribution >= 4 is 11.6 Å². The molecule has 0 spiro atoms.